The number of nitrogens with zero attached hydrogens (tertiary/aromatic N) is 4. The van der Waals surface area contributed by atoms with E-state index in [1.54, 1.807) is 10.7 Å². The first kappa shape index (κ1) is 21.2. The number of hydrogen-bond acceptors (Lipinski definition) is 5. The summed E-state index contributed by atoms with van der Waals surface area (Å²) in [5.41, 5.74) is 0.328. The number of ether oxygens (including phenoxy) is 1. The van der Waals surface area contributed by atoms with Crippen molar-refractivity contribution >= 4 is 11.6 Å². The average Bonchev–Trinajstić information content (AvgIpc) is 3.17. The zero-order valence-electron chi connectivity index (χ0n) is 17.1. The van der Waals surface area contributed by atoms with Gasteiger partial charge in [-0.05, 0) is 36.0 Å². The molecule has 0 aromatic carbocycles. The molecule has 1 aliphatic heterocycles. The number of nitrogens with one attached hydrogen (secondary N) is 1. The molecule has 0 spiro atoms. The predicted octanol–water partition coefficient (Wildman–Crippen LogP) is 3.70. The smallest absolute Gasteiger partial charge is 0.381 e. The van der Waals surface area contributed by atoms with Crippen LogP contribution in [0.25, 0.3) is 5.65 Å². The molecule has 164 valence electrons. The minimum absolute atomic E-state index is 0.260. The molecule has 0 saturated carbocycles. The van der Waals surface area contributed by atoms with Crippen LogP contribution >= 0.6 is 0 Å². The summed E-state index contributed by atoms with van der Waals surface area (Å²) in [6.45, 7) is 4.80. The van der Waals surface area contributed by atoms with E-state index in [4.69, 9.17) is 4.74 Å². The van der Waals surface area contributed by atoms with Crippen LogP contribution in [0, 0.1) is 0 Å². The predicted molar refractivity (Wildman–Crippen MR) is 106 cm³/mol. The van der Waals surface area contributed by atoms with Crippen LogP contribution < -0.4 is 5.32 Å². The van der Waals surface area contributed by atoms with E-state index in [1.165, 1.54) is 18.5 Å². The minimum atomic E-state index is -4.53. The summed E-state index contributed by atoms with van der Waals surface area (Å²) in [5.74, 6) is -0.141. The number of pyridine rings is 1. The largest absolute Gasteiger partial charge is 0.433 e. The highest BCUT2D eigenvalue weighted by molar-refractivity contribution is 6.00. The van der Waals surface area contributed by atoms with Crippen LogP contribution in [-0.4, -0.2) is 38.7 Å². The molecule has 10 heteroatoms. The van der Waals surface area contributed by atoms with Gasteiger partial charge in [0.25, 0.3) is 5.91 Å². The summed E-state index contributed by atoms with van der Waals surface area (Å²) in [7, 11) is 0. The Bertz CT molecular complexity index is 1090. The molecule has 0 atom stereocenters. The number of halogens is 3. The van der Waals surface area contributed by atoms with E-state index in [1.807, 2.05) is 20.0 Å². The third-order valence-corrected chi connectivity index (χ3v) is 5.59. The van der Waals surface area contributed by atoms with Gasteiger partial charge in [0.15, 0.2) is 5.65 Å². The van der Waals surface area contributed by atoms with Gasteiger partial charge < -0.3 is 10.1 Å². The Balaban J connectivity index is 1.65. The van der Waals surface area contributed by atoms with Crippen molar-refractivity contribution in [3.8, 4) is 0 Å². The lowest BCUT2D eigenvalue weighted by Gasteiger charge is -2.38. The fourth-order valence-corrected chi connectivity index (χ4v) is 3.68. The number of fused-ring (bicyclic) bond motifs is 1. The standard InChI is InChI=1S/C21H22F3N5O2/c1-13(2)14-9-26-18-16(11-27-29(18)12-14)19(30)28-20(5-7-31-8-6-20)15-3-4-17(25-10-15)21(22,23)24/h3-4,9-13H,5-8H2,1-2H3,(H,28,30). The van der Waals surface area contributed by atoms with E-state index in [0.29, 0.717) is 42.8 Å². The molecule has 1 amide bonds. The van der Waals surface area contributed by atoms with E-state index in [9.17, 15) is 18.0 Å². The molecule has 1 N–H and O–H groups in total. The minimum Gasteiger partial charge on any atom is -0.381 e. The van der Waals surface area contributed by atoms with E-state index in [0.717, 1.165) is 11.6 Å². The van der Waals surface area contributed by atoms with Gasteiger partial charge in [0, 0.05) is 31.8 Å². The maximum absolute atomic E-state index is 13.2. The Morgan fingerprint density at radius 3 is 2.52 bits per heavy atom. The van der Waals surface area contributed by atoms with Crippen LogP contribution in [0.1, 0.15) is 59.8 Å². The topological polar surface area (TPSA) is 81.4 Å². The van der Waals surface area contributed by atoms with Gasteiger partial charge in [0.05, 0.1) is 11.7 Å². The molecular weight excluding hydrogens is 411 g/mol. The van der Waals surface area contributed by atoms with Crippen molar-refractivity contribution < 1.29 is 22.7 Å². The van der Waals surface area contributed by atoms with Crippen molar-refractivity contribution in [1.29, 1.82) is 0 Å². The molecule has 1 saturated heterocycles. The van der Waals surface area contributed by atoms with Crippen LogP contribution in [-0.2, 0) is 16.5 Å². The summed E-state index contributed by atoms with van der Waals surface area (Å²) >= 11 is 0. The first-order valence-electron chi connectivity index (χ1n) is 9.97. The first-order valence-corrected chi connectivity index (χ1v) is 9.97. The maximum atomic E-state index is 13.2. The Morgan fingerprint density at radius 2 is 1.90 bits per heavy atom. The van der Waals surface area contributed by atoms with Crippen molar-refractivity contribution in [3.63, 3.8) is 0 Å². The summed E-state index contributed by atoms with van der Waals surface area (Å²) in [6.07, 6.45) is 2.46. The summed E-state index contributed by atoms with van der Waals surface area (Å²) < 4.78 is 45.7. The third-order valence-electron chi connectivity index (χ3n) is 5.59. The number of aromatic nitrogens is 4. The molecule has 7 nitrogen and oxygen atoms in total. The lowest BCUT2D eigenvalue weighted by atomic mass is 9.83. The van der Waals surface area contributed by atoms with Crippen molar-refractivity contribution in [2.75, 3.05) is 13.2 Å². The second-order valence-corrected chi connectivity index (χ2v) is 7.95. The normalized spacial score (nSPS) is 16.6. The Hall–Kier alpha value is -3.01. The van der Waals surface area contributed by atoms with E-state index in [2.05, 4.69) is 20.4 Å². The molecule has 0 bridgehead atoms. The fraction of sp³-hybridized carbons (Fsp3) is 0.429. The number of carbonyl (C=O) groups is 1. The third kappa shape index (κ3) is 4.12. The summed E-state index contributed by atoms with van der Waals surface area (Å²) in [6, 6.07) is 2.30. The number of hydrogen-bond donors (Lipinski definition) is 1. The number of alkyl halides is 3. The number of amides is 1. The molecule has 4 heterocycles. The molecule has 4 rings (SSSR count). The van der Waals surface area contributed by atoms with Gasteiger partial charge in [-0.2, -0.15) is 18.3 Å². The molecule has 0 unspecified atom stereocenters. The fourth-order valence-electron chi connectivity index (χ4n) is 3.68. The van der Waals surface area contributed by atoms with Crippen LogP contribution in [0.5, 0.6) is 0 Å². The van der Waals surface area contributed by atoms with E-state index in [-0.39, 0.29) is 5.92 Å². The second-order valence-electron chi connectivity index (χ2n) is 7.95. The van der Waals surface area contributed by atoms with Gasteiger partial charge in [-0.1, -0.05) is 19.9 Å². The lowest BCUT2D eigenvalue weighted by Crippen LogP contribution is -2.49. The van der Waals surface area contributed by atoms with Crippen LogP contribution in [0.15, 0.2) is 36.9 Å². The molecule has 31 heavy (non-hydrogen) atoms. The Kier molecular flexibility index (Phi) is 5.42. The van der Waals surface area contributed by atoms with Gasteiger partial charge in [-0.15, -0.1) is 0 Å². The molecule has 3 aromatic rings. The SMILES string of the molecule is CC(C)c1cnc2c(C(=O)NC3(c4ccc(C(F)(F)F)nc4)CCOCC3)cnn2c1. The molecule has 0 aliphatic carbocycles. The molecule has 1 aliphatic rings. The van der Waals surface area contributed by atoms with Crippen LogP contribution in [0.3, 0.4) is 0 Å². The van der Waals surface area contributed by atoms with Crippen LogP contribution in [0.4, 0.5) is 13.2 Å². The molecular formula is C21H22F3N5O2. The van der Waals surface area contributed by atoms with Crippen molar-refractivity contribution in [2.24, 2.45) is 0 Å². The number of rotatable bonds is 4. The highest BCUT2D eigenvalue weighted by atomic mass is 19.4. The highest BCUT2D eigenvalue weighted by Gasteiger charge is 2.38. The van der Waals surface area contributed by atoms with Gasteiger partial charge in [-0.25, -0.2) is 9.50 Å². The summed E-state index contributed by atoms with van der Waals surface area (Å²) in [4.78, 5) is 21.1. The van der Waals surface area contributed by atoms with Crippen molar-refractivity contribution in [1.82, 2.24) is 24.9 Å². The van der Waals surface area contributed by atoms with Crippen LogP contribution in [0.2, 0.25) is 0 Å². The average molecular weight is 433 g/mol. The Morgan fingerprint density at radius 1 is 1.16 bits per heavy atom. The molecule has 1 fully saturated rings. The second kappa shape index (κ2) is 7.92. The lowest BCUT2D eigenvalue weighted by molar-refractivity contribution is -0.141. The summed E-state index contributed by atoms with van der Waals surface area (Å²) in [5, 5.41) is 7.25. The van der Waals surface area contributed by atoms with Gasteiger partial charge in [0.2, 0.25) is 0 Å². The van der Waals surface area contributed by atoms with Crippen molar-refractivity contribution in [2.45, 2.75) is 44.3 Å². The zero-order valence-corrected chi connectivity index (χ0v) is 17.1. The molecule has 0 radical (unpaired) electrons. The van der Waals surface area contributed by atoms with Crippen molar-refractivity contribution in [3.05, 3.63) is 59.3 Å². The quantitative estimate of drug-likeness (QED) is 0.679. The zero-order chi connectivity index (χ0) is 22.2. The Labute approximate surface area is 176 Å². The van der Waals surface area contributed by atoms with Gasteiger partial charge in [0.1, 0.15) is 11.3 Å². The van der Waals surface area contributed by atoms with E-state index < -0.39 is 23.3 Å². The highest BCUT2D eigenvalue weighted by Crippen LogP contribution is 2.34. The maximum Gasteiger partial charge on any atom is 0.433 e. The number of carbonyl (C=O) groups excluding carboxylic acids is 1. The molecule has 3 aromatic heterocycles. The van der Waals surface area contributed by atoms with E-state index >= 15 is 0 Å². The monoisotopic (exact) mass is 433 g/mol. The van der Waals surface area contributed by atoms with Gasteiger partial charge >= 0.3 is 6.18 Å². The van der Waals surface area contributed by atoms with Gasteiger partial charge in [-0.3, -0.25) is 9.78 Å². The first-order chi connectivity index (χ1) is 14.7.